The Kier molecular flexibility index (Phi) is 3.64. The van der Waals surface area contributed by atoms with Crippen molar-refractivity contribution in [2.24, 2.45) is 5.11 Å². The molecule has 0 aliphatic heterocycles. The topological polar surface area (TPSA) is 48.8 Å². The van der Waals surface area contributed by atoms with Gasteiger partial charge in [-0.15, -0.1) is 0 Å². The summed E-state index contributed by atoms with van der Waals surface area (Å²) in [4.78, 5) is 2.51. The van der Waals surface area contributed by atoms with E-state index in [1.54, 1.807) is 0 Å². The number of azide groups is 1. The highest BCUT2D eigenvalue weighted by Crippen LogP contribution is 2.10. The normalized spacial score (nSPS) is 10.1. The Morgan fingerprint density at radius 3 is 2.93 bits per heavy atom. The molecule has 0 N–H and O–H groups in total. The van der Waals surface area contributed by atoms with Crippen molar-refractivity contribution < 1.29 is 8.78 Å². The lowest BCUT2D eigenvalue weighted by molar-refractivity contribution is 0.598. The summed E-state index contributed by atoms with van der Waals surface area (Å²) in [6, 6.07) is 3.16. The van der Waals surface area contributed by atoms with Crippen LogP contribution in [0.1, 0.15) is 5.56 Å². The third-order valence-corrected chi connectivity index (χ3v) is 1.51. The summed E-state index contributed by atoms with van der Waals surface area (Å²) in [5.41, 5.74) is 8.09. The minimum Gasteiger partial charge on any atom is -0.207 e. The van der Waals surface area contributed by atoms with E-state index in [4.69, 9.17) is 5.53 Å². The Hall–Kier alpha value is -1.87. The van der Waals surface area contributed by atoms with Crippen LogP contribution in [0.4, 0.5) is 8.78 Å². The average Bonchev–Trinajstić information content (AvgIpc) is 2.18. The second-order valence-electron chi connectivity index (χ2n) is 2.48. The number of halogens is 2. The number of hydrogen-bond acceptors (Lipinski definition) is 1. The van der Waals surface area contributed by atoms with Crippen molar-refractivity contribution in [1.29, 1.82) is 0 Å². The molecule has 0 bridgehead atoms. The van der Waals surface area contributed by atoms with Gasteiger partial charge in [-0.05, 0) is 23.7 Å². The Balaban J connectivity index is 2.79. The van der Waals surface area contributed by atoms with Gasteiger partial charge in [-0.25, -0.2) is 8.78 Å². The predicted octanol–water partition coefficient (Wildman–Crippen LogP) is 3.29. The summed E-state index contributed by atoms with van der Waals surface area (Å²) < 4.78 is 25.6. The summed E-state index contributed by atoms with van der Waals surface area (Å²) in [6.07, 6.45) is 2.82. The summed E-state index contributed by atoms with van der Waals surface area (Å²) >= 11 is 0. The van der Waals surface area contributed by atoms with Gasteiger partial charge >= 0.3 is 0 Å². The first-order chi connectivity index (χ1) is 6.74. The number of hydrogen-bond donors (Lipinski definition) is 0. The highest BCUT2D eigenvalue weighted by atomic mass is 19.1. The van der Waals surface area contributed by atoms with Crippen molar-refractivity contribution in [1.82, 2.24) is 0 Å². The summed E-state index contributed by atoms with van der Waals surface area (Å²) in [5, 5.41) is 3.22. The van der Waals surface area contributed by atoms with Gasteiger partial charge < -0.3 is 0 Å². The van der Waals surface area contributed by atoms with Gasteiger partial charge in [0.2, 0.25) is 0 Å². The molecule has 1 aromatic carbocycles. The van der Waals surface area contributed by atoms with Crippen molar-refractivity contribution in [2.45, 2.75) is 0 Å². The van der Waals surface area contributed by atoms with Crippen LogP contribution < -0.4 is 0 Å². The van der Waals surface area contributed by atoms with Crippen LogP contribution in [0.25, 0.3) is 16.5 Å². The Bertz CT molecular complexity index is 395. The van der Waals surface area contributed by atoms with E-state index in [0.717, 1.165) is 18.2 Å². The number of benzene rings is 1. The van der Waals surface area contributed by atoms with Crippen LogP contribution in [0.15, 0.2) is 29.4 Å². The van der Waals surface area contributed by atoms with Crippen LogP contribution in [-0.2, 0) is 0 Å². The molecule has 0 spiro atoms. The third-order valence-electron chi connectivity index (χ3n) is 1.51. The quantitative estimate of drug-likeness (QED) is 0.403. The maximum Gasteiger partial charge on any atom is 0.130 e. The third kappa shape index (κ3) is 2.88. The zero-order valence-corrected chi connectivity index (χ0v) is 7.19. The van der Waals surface area contributed by atoms with Crippen molar-refractivity contribution in [2.75, 3.05) is 6.54 Å². The molecule has 5 heteroatoms. The Labute approximate surface area is 79.3 Å². The van der Waals surface area contributed by atoms with Crippen molar-refractivity contribution >= 4 is 6.08 Å². The Morgan fingerprint density at radius 2 is 2.21 bits per heavy atom. The lowest BCUT2D eigenvalue weighted by Crippen LogP contribution is -1.84. The molecule has 0 saturated heterocycles. The maximum atomic E-state index is 13.0. The first-order valence-corrected chi connectivity index (χ1v) is 3.86. The fraction of sp³-hybridized carbons (Fsp3) is 0.111. The molecule has 1 rings (SSSR count). The molecule has 1 aromatic rings. The van der Waals surface area contributed by atoms with Crippen LogP contribution in [0.2, 0.25) is 0 Å². The monoisotopic (exact) mass is 195 g/mol. The first-order valence-electron chi connectivity index (χ1n) is 3.86. The van der Waals surface area contributed by atoms with Gasteiger partial charge in [0.1, 0.15) is 11.6 Å². The molecule has 0 unspecified atom stereocenters. The molecule has 0 aliphatic carbocycles. The molecule has 72 valence electrons. The van der Waals surface area contributed by atoms with Gasteiger partial charge in [-0.3, -0.25) is 0 Å². The average molecular weight is 195 g/mol. The van der Waals surface area contributed by atoms with Gasteiger partial charge in [-0.2, -0.15) is 0 Å². The molecular weight excluding hydrogens is 188 g/mol. The van der Waals surface area contributed by atoms with Gasteiger partial charge in [-0.1, -0.05) is 17.3 Å². The largest absolute Gasteiger partial charge is 0.207 e. The van der Waals surface area contributed by atoms with E-state index in [2.05, 4.69) is 10.0 Å². The molecular formula is C9H7F2N3. The molecule has 0 heterocycles. The van der Waals surface area contributed by atoms with Gasteiger partial charge in [0.05, 0.1) is 0 Å². The molecule has 3 nitrogen and oxygen atoms in total. The van der Waals surface area contributed by atoms with Crippen LogP contribution in [0, 0.1) is 11.6 Å². The molecule has 0 atom stereocenters. The standard InChI is InChI=1S/C9H7F2N3/c10-8-3-4-9(11)7(6-8)2-1-5-13-14-12/h1-4,6H,5H2. The summed E-state index contributed by atoms with van der Waals surface area (Å²) in [7, 11) is 0. The smallest absolute Gasteiger partial charge is 0.130 e. The molecule has 0 saturated carbocycles. The first kappa shape index (κ1) is 10.2. The van der Waals surface area contributed by atoms with E-state index in [1.807, 2.05) is 0 Å². The molecule has 0 aromatic heterocycles. The van der Waals surface area contributed by atoms with Crippen molar-refractivity contribution in [3.8, 4) is 0 Å². The number of nitrogens with zero attached hydrogens (tertiary/aromatic N) is 3. The van der Waals surface area contributed by atoms with E-state index in [-0.39, 0.29) is 12.1 Å². The highest BCUT2D eigenvalue weighted by Gasteiger charge is 1.98. The lowest BCUT2D eigenvalue weighted by atomic mass is 10.2. The van der Waals surface area contributed by atoms with E-state index in [9.17, 15) is 8.78 Å². The van der Waals surface area contributed by atoms with Gasteiger partial charge in [0.15, 0.2) is 0 Å². The Morgan fingerprint density at radius 1 is 1.43 bits per heavy atom. The van der Waals surface area contributed by atoms with Crippen LogP contribution in [-0.4, -0.2) is 6.54 Å². The van der Waals surface area contributed by atoms with E-state index in [1.165, 1.54) is 12.2 Å². The molecule has 0 amide bonds. The highest BCUT2D eigenvalue weighted by molar-refractivity contribution is 5.50. The zero-order chi connectivity index (χ0) is 10.4. The predicted molar refractivity (Wildman–Crippen MR) is 49.4 cm³/mol. The van der Waals surface area contributed by atoms with E-state index < -0.39 is 11.6 Å². The zero-order valence-electron chi connectivity index (χ0n) is 7.19. The molecule has 0 radical (unpaired) electrons. The molecule has 14 heavy (non-hydrogen) atoms. The van der Waals surface area contributed by atoms with Gasteiger partial charge in [0, 0.05) is 17.0 Å². The summed E-state index contributed by atoms with van der Waals surface area (Å²) in [6.45, 7) is 0.118. The van der Waals surface area contributed by atoms with Crippen LogP contribution in [0.3, 0.4) is 0 Å². The summed E-state index contributed by atoms with van der Waals surface area (Å²) in [5.74, 6) is -1.02. The maximum absolute atomic E-state index is 13.0. The van der Waals surface area contributed by atoms with Crippen LogP contribution >= 0.6 is 0 Å². The van der Waals surface area contributed by atoms with Gasteiger partial charge in [0.25, 0.3) is 0 Å². The second-order valence-corrected chi connectivity index (χ2v) is 2.48. The molecule has 0 fully saturated rings. The fourth-order valence-electron chi connectivity index (χ4n) is 0.906. The van der Waals surface area contributed by atoms with Crippen LogP contribution in [0.5, 0.6) is 0 Å². The SMILES string of the molecule is [N-]=[N+]=NCC=Cc1cc(F)ccc1F. The minimum atomic E-state index is -0.511. The van der Waals surface area contributed by atoms with Crippen molar-refractivity contribution in [3.05, 3.63) is 51.9 Å². The molecule has 0 aliphatic rings. The number of rotatable bonds is 3. The van der Waals surface area contributed by atoms with E-state index in [0.29, 0.717) is 0 Å². The fourth-order valence-corrected chi connectivity index (χ4v) is 0.906. The minimum absolute atomic E-state index is 0.118. The lowest BCUT2D eigenvalue weighted by Gasteiger charge is -1.95. The van der Waals surface area contributed by atoms with E-state index >= 15 is 0 Å². The van der Waals surface area contributed by atoms with Crippen molar-refractivity contribution in [3.63, 3.8) is 0 Å². The second kappa shape index (κ2) is 4.99.